The highest BCUT2D eigenvalue weighted by Crippen LogP contribution is 2.15. The van der Waals surface area contributed by atoms with Crippen molar-refractivity contribution in [3.63, 3.8) is 0 Å². The largest absolute Gasteiger partial charge is 0.389 e. The van der Waals surface area contributed by atoms with Crippen LogP contribution in [0.4, 0.5) is 5.82 Å². The molecule has 1 aromatic heterocycles. The molecule has 2 heterocycles. The lowest BCUT2D eigenvalue weighted by Gasteiger charge is -2.37. The van der Waals surface area contributed by atoms with E-state index >= 15 is 0 Å². The average molecular weight is 278 g/mol. The van der Waals surface area contributed by atoms with Crippen molar-refractivity contribution < 1.29 is 5.11 Å². The van der Waals surface area contributed by atoms with Gasteiger partial charge >= 0.3 is 0 Å². The molecule has 1 aliphatic rings. The lowest BCUT2D eigenvalue weighted by molar-refractivity contribution is 0.0344. The predicted molar refractivity (Wildman–Crippen MR) is 82.0 cm³/mol. The number of nitrogens with one attached hydrogen (secondary N) is 1. The summed E-state index contributed by atoms with van der Waals surface area (Å²) in [5.41, 5.74) is 0.590. The van der Waals surface area contributed by atoms with Gasteiger partial charge in [-0.05, 0) is 32.5 Å². The lowest BCUT2D eigenvalue weighted by atomic mass is 10.1. The number of aliphatic hydroxyl groups is 1. The third kappa shape index (κ3) is 4.44. The second kappa shape index (κ2) is 6.52. The van der Waals surface area contributed by atoms with E-state index in [1.165, 1.54) is 5.56 Å². The Balaban J connectivity index is 1.87. The Morgan fingerprint density at radius 2 is 1.95 bits per heavy atom. The Labute approximate surface area is 121 Å². The standard InChI is InChI=1S/C15H26N4O/c1-15(2,20)12-18-6-8-19(9-7-18)14-5-4-13(10-16-3)11-17-14/h4-5,11,16,20H,6-10,12H2,1-3H3. The van der Waals surface area contributed by atoms with Crippen molar-refractivity contribution in [2.75, 3.05) is 44.7 Å². The first kappa shape index (κ1) is 15.2. The van der Waals surface area contributed by atoms with Crippen LogP contribution in [-0.4, -0.2) is 60.4 Å². The van der Waals surface area contributed by atoms with Crippen LogP contribution in [0.2, 0.25) is 0 Å². The number of β-amino-alcohol motifs (C(OH)–C–C–N with tert-alkyl or cyclic N) is 1. The van der Waals surface area contributed by atoms with Gasteiger partial charge in [0.15, 0.2) is 0 Å². The van der Waals surface area contributed by atoms with E-state index in [0.717, 1.165) is 45.1 Å². The molecule has 0 amide bonds. The van der Waals surface area contributed by atoms with Crippen molar-refractivity contribution in [3.8, 4) is 0 Å². The van der Waals surface area contributed by atoms with E-state index < -0.39 is 5.60 Å². The number of anilines is 1. The molecule has 5 nitrogen and oxygen atoms in total. The molecule has 0 radical (unpaired) electrons. The SMILES string of the molecule is CNCc1ccc(N2CCN(CC(C)(C)O)CC2)nc1. The van der Waals surface area contributed by atoms with Crippen LogP contribution in [0.25, 0.3) is 0 Å². The summed E-state index contributed by atoms with van der Waals surface area (Å²) in [6.07, 6.45) is 1.94. The van der Waals surface area contributed by atoms with Crippen molar-refractivity contribution in [2.45, 2.75) is 26.0 Å². The average Bonchev–Trinajstić information content (AvgIpc) is 2.39. The van der Waals surface area contributed by atoms with Gasteiger partial charge in [0.05, 0.1) is 5.60 Å². The van der Waals surface area contributed by atoms with E-state index in [1.54, 1.807) is 0 Å². The van der Waals surface area contributed by atoms with Crippen molar-refractivity contribution in [3.05, 3.63) is 23.9 Å². The summed E-state index contributed by atoms with van der Waals surface area (Å²) in [7, 11) is 1.94. The molecule has 0 aromatic carbocycles. The van der Waals surface area contributed by atoms with Gasteiger partial charge in [0.25, 0.3) is 0 Å². The van der Waals surface area contributed by atoms with Gasteiger partial charge in [0.1, 0.15) is 5.82 Å². The fourth-order valence-corrected chi connectivity index (χ4v) is 2.59. The first-order valence-corrected chi connectivity index (χ1v) is 7.27. The van der Waals surface area contributed by atoms with Crippen LogP contribution >= 0.6 is 0 Å². The maximum absolute atomic E-state index is 9.86. The zero-order valence-corrected chi connectivity index (χ0v) is 12.8. The molecule has 1 aliphatic heterocycles. The van der Waals surface area contributed by atoms with Crippen molar-refractivity contribution in [1.29, 1.82) is 0 Å². The van der Waals surface area contributed by atoms with Gasteiger partial charge in [-0.25, -0.2) is 4.98 Å². The molecule has 112 valence electrons. The fraction of sp³-hybridized carbons (Fsp3) is 0.667. The van der Waals surface area contributed by atoms with Crippen LogP contribution in [0.1, 0.15) is 19.4 Å². The summed E-state index contributed by atoms with van der Waals surface area (Å²) in [5, 5.41) is 13.0. The van der Waals surface area contributed by atoms with Crippen LogP contribution in [0.15, 0.2) is 18.3 Å². The molecule has 0 bridgehead atoms. The fourth-order valence-electron chi connectivity index (χ4n) is 2.59. The first-order valence-electron chi connectivity index (χ1n) is 7.27. The van der Waals surface area contributed by atoms with Crippen LogP contribution in [0.5, 0.6) is 0 Å². The Bertz CT molecular complexity index is 405. The topological polar surface area (TPSA) is 51.6 Å². The third-order valence-corrected chi connectivity index (χ3v) is 3.50. The Morgan fingerprint density at radius 1 is 1.25 bits per heavy atom. The third-order valence-electron chi connectivity index (χ3n) is 3.50. The maximum Gasteiger partial charge on any atom is 0.128 e. The quantitative estimate of drug-likeness (QED) is 0.830. The molecule has 5 heteroatoms. The molecule has 1 aromatic rings. The molecule has 2 N–H and O–H groups in total. The Kier molecular flexibility index (Phi) is 4.96. The van der Waals surface area contributed by atoms with E-state index in [4.69, 9.17) is 0 Å². The number of rotatable bonds is 5. The molecule has 0 atom stereocenters. The Hall–Kier alpha value is -1.17. The van der Waals surface area contributed by atoms with Gasteiger partial charge in [0, 0.05) is 45.5 Å². The van der Waals surface area contributed by atoms with Crippen molar-refractivity contribution in [1.82, 2.24) is 15.2 Å². The predicted octanol–water partition coefficient (Wildman–Crippen LogP) is 0.694. The van der Waals surface area contributed by atoms with Gasteiger partial charge in [0.2, 0.25) is 0 Å². The molecular weight excluding hydrogens is 252 g/mol. The highest BCUT2D eigenvalue weighted by atomic mass is 16.3. The zero-order chi connectivity index (χ0) is 14.6. The smallest absolute Gasteiger partial charge is 0.128 e. The number of hydrogen-bond donors (Lipinski definition) is 2. The van der Waals surface area contributed by atoms with Crippen LogP contribution < -0.4 is 10.2 Å². The molecule has 20 heavy (non-hydrogen) atoms. The molecule has 1 saturated heterocycles. The number of hydrogen-bond acceptors (Lipinski definition) is 5. The highest BCUT2D eigenvalue weighted by molar-refractivity contribution is 5.39. The Morgan fingerprint density at radius 3 is 2.45 bits per heavy atom. The van der Waals surface area contributed by atoms with E-state index in [-0.39, 0.29) is 0 Å². The van der Waals surface area contributed by atoms with E-state index in [0.29, 0.717) is 0 Å². The summed E-state index contributed by atoms with van der Waals surface area (Å²) < 4.78 is 0. The number of nitrogens with zero attached hydrogens (tertiary/aromatic N) is 3. The second-order valence-electron chi connectivity index (χ2n) is 6.13. The molecule has 2 rings (SSSR count). The second-order valence-corrected chi connectivity index (χ2v) is 6.13. The highest BCUT2D eigenvalue weighted by Gasteiger charge is 2.23. The summed E-state index contributed by atoms with van der Waals surface area (Å²) in [6.45, 7) is 9.20. The van der Waals surface area contributed by atoms with Crippen LogP contribution in [-0.2, 0) is 6.54 Å². The summed E-state index contributed by atoms with van der Waals surface area (Å²) in [5.74, 6) is 1.05. The van der Waals surface area contributed by atoms with E-state index in [1.807, 2.05) is 27.1 Å². The molecular formula is C15H26N4O. The minimum absolute atomic E-state index is 0.616. The van der Waals surface area contributed by atoms with Gasteiger partial charge in [-0.1, -0.05) is 6.07 Å². The summed E-state index contributed by atoms with van der Waals surface area (Å²) in [6, 6.07) is 4.22. The zero-order valence-electron chi connectivity index (χ0n) is 12.8. The van der Waals surface area contributed by atoms with E-state index in [9.17, 15) is 5.11 Å². The number of piperazine rings is 1. The van der Waals surface area contributed by atoms with Gasteiger partial charge in [-0.15, -0.1) is 0 Å². The number of aromatic nitrogens is 1. The minimum Gasteiger partial charge on any atom is -0.389 e. The molecule has 0 spiro atoms. The molecule has 0 unspecified atom stereocenters. The van der Waals surface area contributed by atoms with Crippen molar-refractivity contribution in [2.24, 2.45) is 0 Å². The lowest BCUT2D eigenvalue weighted by Crippen LogP contribution is -2.50. The summed E-state index contributed by atoms with van der Waals surface area (Å²) in [4.78, 5) is 9.16. The molecule has 0 aliphatic carbocycles. The molecule has 0 saturated carbocycles. The molecule has 1 fully saturated rings. The number of pyridine rings is 1. The van der Waals surface area contributed by atoms with E-state index in [2.05, 4.69) is 32.2 Å². The normalized spacial score (nSPS) is 17.5. The van der Waals surface area contributed by atoms with Gasteiger partial charge in [-0.3, -0.25) is 4.90 Å². The first-order chi connectivity index (χ1) is 9.48. The monoisotopic (exact) mass is 278 g/mol. The van der Waals surface area contributed by atoms with Gasteiger partial charge < -0.3 is 15.3 Å². The van der Waals surface area contributed by atoms with Crippen molar-refractivity contribution >= 4 is 5.82 Å². The summed E-state index contributed by atoms with van der Waals surface area (Å²) >= 11 is 0. The van der Waals surface area contributed by atoms with Gasteiger partial charge in [-0.2, -0.15) is 0 Å². The van der Waals surface area contributed by atoms with Crippen LogP contribution in [0.3, 0.4) is 0 Å². The maximum atomic E-state index is 9.86. The minimum atomic E-state index is -0.616. The van der Waals surface area contributed by atoms with Crippen LogP contribution in [0, 0.1) is 0 Å².